The van der Waals surface area contributed by atoms with E-state index in [2.05, 4.69) is 10.4 Å². The first-order chi connectivity index (χ1) is 8.17. The largest absolute Gasteiger partial charge is 0.395 e. The maximum Gasteiger partial charge on any atom is 0.251 e. The van der Waals surface area contributed by atoms with Crippen LogP contribution in [0.4, 0.5) is 14.6 Å². The molecule has 0 fully saturated rings. The number of hydrogen-bond donors (Lipinski definition) is 3. The van der Waals surface area contributed by atoms with E-state index in [4.69, 9.17) is 10.9 Å². The molecule has 0 atom stereocenters. The summed E-state index contributed by atoms with van der Waals surface area (Å²) in [5, 5.41) is 8.81. The second-order valence-electron chi connectivity index (χ2n) is 3.51. The van der Waals surface area contributed by atoms with E-state index in [1.165, 1.54) is 4.90 Å². The van der Waals surface area contributed by atoms with Crippen LogP contribution < -0.4 is 11.3 Å². The van der Waals surface area contributed by atoms with Gasteiger partial charge in [-0.1, -0.05) is 6.07 Å². The highest BCUT2D eigenvalue weighted by Gasteiger charge is 2.13. The second-order valence-corrected chi connectivity index (χ2v) is 3.51. The van der Waals surface area contributed by atoms with Crippen molar-refractivity contribution in [1.29, 1.82) is 0 Å². The Morgan fingerprint density at radius 3 is 2.88 bits per heavy atom. The van der Waals surface area contributed by atoms with Gasteiger partial charge in [-0.05, 0) is 6.07 Å². The molecular formula is C10H16F2N4O. The number of nitrogens with two attached hydrogens (primary N) is 1. The average molecular weight is 246 g/mol. The Morgan fingerprint density at radius 2 is 2.29 bits per heavy atom. The standard InChI is InChI=1S/C10H16F2N4O/c11-9(12)7-16(4-5-17)6-8-2-1-3-14-10(8)15-13/h1-3,9,17H,4-7,13H2,(H,14,15). The monoisotopic (exact) mass is 246 g/mol. The van der Waals surface area contributed by atoms with Crippen LogP contribution in [0.2, 0.25) is 0 Å². The number of hydrazine groups is 1. The van der Waals surface area contributed by atoms with Gasteiger partial charge in [0.15, 0.2) is 0 Å². The molecule has 0 aliphatic carbocycles. The summed E-state index contributed by atoms with van der Waals surface area (Å²) in [4.78, 5) is 5.42. The van der Waals surface area contributed by atoms with Gasteiger partial charge in [0.25, 0.3) is 6.43 Å². The van der Waals surface area contributed by atoms with Crippen LogP contribution in [0.5, 0.6) is 0 Å². The van der Waals surface area contributed by atoms with Gasteiger partial charge in [0.1, 0.15) is 5.82 Å². The van der Waals surface area contributed by atoms with Gasteiger partial charge in [-0.25, -0.2) is 19.6 Å². The quantitative estimate of drug-likeness (QED) is 0.480. The van der Waals surface area contributed by atoms with Crippen LogP contribution in [0.3, 0.4) is 0 Å². The van der Waals surface area contributed by atoms with Crippen molar-refractivity contribution in [2.45, 2.75) is 13.0 Å². The zero-order valence-electron chi connectivity index (χ0n) is 9.31. The lowest BCUT2D eigenvalue weighted by molar-refractivity contribution is 0.0747. The summed E-state index contributed by atoms with van der Waals surface area (Å²) in [5.41, 5.74) is 3.12. The molecule has 0 aliphatic heterocycles. The number of rotatable bonds is 7. The van der Waals surface area contributed by atoms with Crippen LogP contribution in [0, 0.1) is 0 Å². The Morgan fingerprint density at radius 1 is 1.53 bits per heavy atom. The fourth-order valence-corrected chi connectivity index (χ4v) is 1.51. The highest BCUT2D eigenvalue weighted by atomic mass is 19.3. The number of nitrogens with zero attached hydrogens (tertiary/aromatic N) is 2. The van der Waals surface area contributed by atoms with Crippen LogP contribution in [-0.2, 0) is 6.54 Å². The Hall–Kier alpha value is -1.31. The lowest BCUT2D eigenvalue weighted by Crippen LogP contribution is -2.31. The number of halogens is 2. The van der Waals surface area contributed by atoms with E-state index >= 15 is 0 Å². The molecule has 0 unspecified atom stereocenters. The van der Waals surface area contributed by atoms with Crippen LogP contribution in [0.15, 0.2) is 18.3 Å². The van der Waals surface area contributed by atoms with E-state index in [0.717, 1.165) is 0 Å². The molecule has 0 spiro atoms. The fourth-order valence-electron chi connectivity index (χ4n) is 1.51. The van der Waals surface area contributed by atoms with E-state index in [-0.39, 0.29) is 26.2 Å². The molecule has 7 heteroatoms. The maximum absolute atomic E-state index is 12.3. The summed E-state index contributed by atoms with van der Waals surface area (Å²) in [5.74, 6) is 5.72. The van der Waals surface area contributed by atoms with Crippen molar-refractivity contribution in [3.8, 4) is 0 Å². The van der Waals surface area contributed by atoms with Crippen LogP contribution >= 0.6 is 0 Å². The second kappa shape index (κ2) is 7.10. The Bertz CT molecular complexity index is 338. The molecule has 1 heterocycles. The minimum Gasteiger partial charge on any atom is -0.395 e. The van der Waals surface area contributed by atoms with Crippen molar-refractivity contribution in [3.63, 3.8) is 0 Å². The molecule has 0 saturated carbocycles. The van der Waals surface area contributed by atoms with Crippen LogP contribution in [-0.4, -0.2) is 41.1 Å². The first-order valence-electron chi connectivity index (χ1n) is 5.19. The van der Waals surface area contributed by atoms with Gasteiger partial charge in [-0.15, -0.1) is 0 Å². The molecule has 5 nitrogen and oxygen atoms in total. The fraction of sp³-hybridized carbons (Fsp3) is 0.500. The van der Waals surface area contributed by atoms with Crippen molar-refractivity contribution < 1.29 is 13.9 Å². The minimum absolute atomic E-state index is 0.168. The van der Waals surface area contributed by atoms with Crippen molar-refractivity contribution in [1.82, 2.24) is 9.88 Å². The molecule has 1 aromatic rings. The summed E-state index contributed by atoms with van der Waals surface area (Å²) in [6.45, 7) is -0.112. The van der Waals surface area contributed by atoms with Gasteiger partial charge in [0.05, 0.1) is 13.2 Å². The number of aliphatic hydroxyl groups is 1. The minimum atomic E-state index is -2.44. The number of aromatic nitrogens is 1. The molecule has 0 radical (unpaired) electrons. The molecule has 0 aromatic carbocycles. The van der Waals surface area contributed by atoms with Gasteiger partial charge in [-0.3, -0.25) is 4.90 Å². The normalized spacial score (nSPS) is 11.2. The summed E-state index contributed by atoms with van der Waals surface area (Å²) < 4.78 is 24.6. The Labute approximate surface area is 98.2 Å². The average Bonchev–Trinajstić information content (AvgIpc) is 2.29. The first kappa shape index (κ1) is 13.8. The maximum atomic E-state index is 12.3. The third-order valence-corrected chi connectivity index (χ3v) is 2.23. The highest BCUT2D eigenvalue weighted by molar-refractivity contribution is 5.42. The molecule has 0 aliphatic rings. The van der Waals surface area contributed by atoms with E-state index in [1.54, 1.807) is 18.3 Å². The molecule has 96 valence electrons. The van der Waals surface area contributed by atoms with Gasteiger partial charge in [-0.2, -0.15) is 0 Å². The predicted molar refractivity (Wildman–Crippen MR) is 60.4 cm³/mol. The molecule has 0 amide bonds. The third kappa shape index (κ3) is 4.59. The summed E-state index contributed by atoms with van der Waals surface area (Å²) in [7, 11) is 0. The van der Waals surface area contributed by atoms with Gasteiger partial charge >= 0.3 is 0 Å². The number of hydrogen-bond acceptors (Lipinski definition) is 5. The number of nitrogen functional groups attached to an aromatic ring is 1. The molecule has 0 saturated heterocycles. The molecule has 17 heavy (non-hydrogen) atoms. The van der Waals surface area contributed by atoms with Crippen molar-refractivity contribution >= 4 is 5.82 Å². The summed E-state index contributed by atoms with van der Waals surface area (Å²) in [6.07, 6.45) is -0.880. The zero-order chi connectivity index (χ0) is 12.7. The Balaban J connectivity index is 2.70. The van der Waals surface area contributed by atoms with Gasteiger partial charge in [0, 0.05) is 24.8 Å². The summed E-state index contributed by atoms with van der Waals surface area (Å²) >= 11 is 0. The van der Waals surface area contributed by atoms with Crippen LogP contribution in [0.25, 0.3) is 0 Å². The van der Waals surface area contributed by atoms with E-state index in [9.17, 15) is 8.78 Å². The number of pyridine rings is 1. The molecule has 4 N–H and O–H groups in total. The number of nitrogens with one attached hydrogen (secondary N) is 1. The zero-order valence-corrected chi connectivity index (χ0v) is 9.31. The van der Waals surface area contributed by atoms with Gasteiger partial charge < -0.3 is 10.5 Å². The van der Waals surface area contributed by atoms with E-state index in [1.807, 2.05) is 0 Å². The SMILES string of the molecule is NNc1ncccc1CN(CCO)CC(F)F. The third-order valence-electron chi connectivity index (χ3n) is 2.23. The number of aliphatic hydroxyl groups excluding tert-OH is 1. The van der Waals surface area contributed by atoms with Crippen molar-refractivity contribution in [2.75, 3.05) is 25.1 Å². The lowest BCUT2D eigenvalue weighted by Gasteiger charge is -2.21. The summed E-state index contributed by atoms with van der Waals surface area (Å²) in [6, 6.07) is 3.45. The first-order valence-corrected chi connectivity index (χ1v) is 5.19. The van der Waals surface area contributed by atoms with E-state index in [0.29, 0.717) is 11.4 Å². The van der Waals surface area contributed by atoms with Crippen molar-refractivity contribution in [3.05, 3.63) is 23.9 Å². The smallest absolute Gasteiger partial charge is 0.251 e. The Kier molecular flexibility index (Phi) is 5.75. The molecule has 1 aromatic heterocycles. The number of alkyl halides is 2. The lowest BCUT2D eigenvalue weighted by atomic mass is 10.2. The molecule has 1 rings (SSSR count). The van der Waals surface area contributed by atoms with Gasteiger partial charge in [0.2, 0.25) is 0 Å². The predicted octanol–water partition coefficient (Wildman–Crippen LogP) is 0.427. The van der Waals surface area contributed by atoms with E-state index < -0.39 is 6.43 Å². The van der Waals surface area contributed by atoms with Crippen molar-refractivity contribution in [2.24, 2.45) is 5.84 Å². The molecule has 0 bridgehead atoms. The molecular weight excluding hydrogens is 230 g/mol. The topological polar surface area (TPSA) is 74.4 Å². The van der Waals surface area contributed by atoms with Crippen LogP contribution in [0.1, 0.15) is 5.56 Å². The number of anilines is 1. The highest BCUT2D eigenvalue weighted by Crippen LogP contribution is 2.13.